The SMILES string of the molecule is O=C1CCC(N2Cc3cc(C4CCN(Cc5cccc6c5C(=O)N(c5ccccc5)C6)CC4)ccc3C2=O)C(=O)N1. The molecule has 0 spiro atoms. The third-order valence-electron chi connectivity index (χ3n) is 9.09. The maximum absolute atomic E-state index is 13.4. The number of imide groups is 1. The van der Waals surface area contributed by atoms with Crippen molar-refractivity contribution in [2.24, 2.45) is 0 Å². The average Bonchev–Trinajstić information content (AvgIpc) is 3.50. The van der Waals surface area contributed by atoms with Crippen LogP contribution in [-0.2, 0) is 29.2 Å². The van der Waals surface area contributed by atoms with Gasteiger partial charge in [0.25, 0.3) is 11.8 Å². The summed E-state index contributed by atoms with van der Waals surface area (Å²) in [5.41, 5.74) is 6.80. The van der Waals surface area contributed by atoms with Crippen molar-refractivity contribution in [3.05, 3.63) is 100 Å². The number of piperidine rings is 2. The minimum atomic E-state index is -0.592. The first-order chi connectivity index (χ1) is 20.0. The number of rotatable bonds is 5. The molecule has 4 heterocycles. The first-order valence-corrected chi connectivity index (χ1v) is 14.4. The lowest BCUT2D eigenvalue weighted by Gasteiger charge is -2.32. The Kier molecular flexibility index (Phi) is 6.43. The Bertz CT molecular complexity index is 1560. The minimum Gasteiger partial charge on any atom is -0.322 e. The molecule has 0 radical (unpaired) electrons. The van der Waals surface area contributed by atoms with Gasteiger partial charge >= 0.3 is 0 Å². The summed E-state index contributed by atoms with van der Waals surface area (Å²) in [5, 5.41) is 2.37. The molecule has 3 aromatic rings. The molecule has 2 fully saturated rings. The molecule has 7 rings (SSSR count). The molecular formula is C33H32N4O4. The van der Waals surface area contributed by atoms with Gasteiger partial charge in [-0.15, -0.1) is 0 Å². The third-order valence-corrected chi connectivity index (χ3v) is 9.09. The zero-order chi connectivity index (χ0) is 28.1. The van der Waals surface area contributed by atoms with Crippen molar-refractivity contribution in [1.29, 1.82) is 0 Å². The number of hydrogen-bond acceptors (Lipinski definition) is 5. The third kappa shape index (κ3) is 4.62. The second-order valence-electron chi connectivity index (χ2n) is 11.5. The van der Waals surface area contributed by atoms with Gasteiger partial charge in [-0.05, 0) is 78.7 Å². The number of amides is 4. The molecule has 1 atom stereocenters. The number of fused-ring (bicyclic) bond motifs is 2. The Morgan fingerprint density at radius 3 is 2.37 bits per heavy atom. The van der Waals surface area contributed by atoms with E-state index in [0.717, 1.165) is 60.4 Å². The second-order valence-corrected chi connectivity index (χ2v) is 11.5. The highest BCUT2D eigenvalue weighted by Gasteiger charge is 2.39. The average molecular weight is 549 g/mol. The number of hydrogen-bond donors (Lipinski definition) is 1. The van der Waals surface area contributed by atoms with Crippen molar-refractivity contribution in [3.8, 4) is 0 Å². The van der Waals surface area contributed by atoms with Crippen molar-refractivity contribution in [3.63, 3.8) is 0 Å². The summed E-state index contributed by atoms with van der Waals surface area (Å²) in [5.74, 6) is -0.315. The highest BCUT2D eigenvalue weighted by Crippen LogP contribution is 2.35. The molecule has 1 N–H and O–H groups in total. The van der Waals surface area contributed by atoms with Crippen LogP contribution < -0.4 is 10.2 Å². The standard InChI is InChI=1S/C33H32N4O4/c38-29-12-11-28(31(39)34-29)37-20-25-17-22(9-10-27(25)32(37)40)21-13-15-35(16-14-21)18-23-5-4-6-24-19-36(33(41)30(23)24)26-7-2-1-3-8-26/h1-10,17,21,28H,11-16,18-20H2,(H,34,38,39). The molecule has 8 heteroatoms. The minimum absolute atomic E-state index is 0.0794. The van der Waals surface area contributed by atoms with Crippen LogP contribution in [0.3, 0.4) is 0 Å². The number of likely N-dealkylation sites (tertiary alicyclic amines) is 1. The normalized spacial score (nSPS) is 21.3. The highest BCUT2D eigenvalue weighted by molar-refractivity contribution is 6.11. The molecule has 8 nitrogen and oxygen atoms in total. The van der Waals surface area contributed by atoms with Gasteiger partial charge in [-0.1, -0.05) is 48.5 Å². The summed E-state index contributed by atoms with van der Waals surface area (Å²) in [6.45, 7) is 3.63. The van der Waals surface area contributed by atoms with Crippen LogP contribution in [0.25, 0.3) is 0 Å². The van der Waals surface area contributed by atoms with Gasteiger partial charge in [0, 0.05) is 36.3 Å². The zero-order valence-corrected chi connectivity index (χ0v) is 22.8. The number of carbonyl (C=O) groups is 4. The molecular weight excluding hydrogens is 516 g/mol. The van der Waals surface area contributed by atoms with Gasteiger partial charge in [-0.25, -0.2) is 0 Å². The van der Waals surface area contributed by atoms with E-state index in [1.54, 1.807) is 4.90 Å². The molecule has 0 aromatic heterocycles. The number of nitrogens with one attached hydrogen (secondary N) is 1. The molecule has 0 aliphatic carbocycles. The molecule has 208 valence electrons. The lowest BCUT2D eigenvalue weighted by Crippen LogP contribution is -2.52. The molecule has 4 amide bonds. The lowest BCUT2D eigenvalue weighted by molar-refractivity contribution is -0.136. The maximum Gasteiger partial charge on any atom is 0.259 e. The largest absolute Gasteiger partial charge is 0.322 e. The van der Waals surface area contributed by atoms with Crippen molar-refractivity contribution < 1.29 is 19.2 Å². The summed E-state index contributed by atoms with van der Waals surface area (Å²) in [6.07, 6.45) is 2.63. The summed E-state index contributed by atoms with van der Waals surface area (Å²) in [6, 6.07) is 21.6. The number of nitrogens with zero attached hydrogens (tertiary/aromatic N) is 3. The van der Waals surface area contributed by atoms with Crippen LogP contribution in [0.5, 0.6) is 0 Å². The number of anilines is 1. The van der Waals surface area contributed by atoms with E-state index in [9.17, 15) is 19.2 Å². The van der Waals surface area contributed by atoms with Crippen LogP contribution in [0.1, 0.15) is 74.6 Å². The second kappa shape index (κ2) is 10.3. The van der Waals surface area contributed by atoms with Gasteiger partial charge in [0.15, 0.2) is 0 Å². The topological polar surface area (TPSA) is 90.0 Å². The summed E-state index contributed by atoms with van der Waals surface area (Å²) < 4.78 is 0. The molecule has 4 aliphatic heterocycles. The molecule has 3 aromatic carbocycles. The Hall–Kier alpha value is -4.30. The number of carbonyl (C=O) groups excluding carboxylic acids is 4. The smallest absolute Gasteiger partial charge is 0.259 e. The van der Waals surface area contributed by atoms with Crippen molar-refractivity contribution in [2.45, 2.75) is 57.3 Å². The van der Waals surface area contributed by atoms with E-state index in [4.69, 9.17) is 0 Å². The molecule has 1 unspecified atom stereocenters. The van der Waals surface area contributed by atoms with Crippen LogP contribution in [0, 0.1) is 0 Å². The van der Waals surface area contributed by atoms with E-state index in [-0.39, 0.29) is 30.0 Å². The van der Waals surface area contributed by atoms with E-state index < -0.39 is 6.04 Å². The fourth-order valence-corrected chi connectivity index (χ4v) is 6.90. The van der Waals surface area contributed by atoms with Crippen LogP contribution >= 0.6 is 0 Å². The quantitative estimate of drug-likeness (QED) is 0.487. The van der Waals surface area contributed by atoms with E-state index in [1.807, 2.05) is 41.3 Å². The molecule has 41 heavy (non-hydrogen) atoms. The lowest BCUT2D eigenvalue weighted by atomic mass is 9.87. The van der Waals surface area contributed by atoms with Crippen LogP contribution in [0.2, 0.25) is 0 Å². The predicted octanol–water partition coefficient (Wildman–Crippen LogP) is 3.99. The summed E-state index contributed by atoms with van der Waals surface area (Å²) >= 11 is 0. The zero-order valence-electron chi connectivity index (χ0n) is 22.8. The molecule has 2 saturated heterocycles. The number of para-hydroxylation sites is 1. The Morgan fingerprint density at radius 2 is 1.59 bits per heavy atom. The first kappa shape index (κ1) is 25.7. The van der Waals surface area contributed by atoms with Gasteiger partial charge in [0.05, 0.1) is 6.54 Å². The van der Waals surface area contributed by atoms with Crippen LogP contribution in [0.15, 0.2) is 66.7 Å². The van der Waals surface area contributed by atoms with Gasteiger partial charge < -0.3 is 9.80 Å². The fraction of sp³-hybridized carbons (Fsp3) is 0.333. The Morgan fingerprint density at radius 1 is 0.780 bits per heavy atom. The Balaban J connectivity index is 1.00. The first-order valence-electron chi connectivity index (χ1n) is 14.4. The van der Waals surface area contributed by atoms with Gasteiger partial charge in [0.2, 0.25) is 11.8 Å². The fourth-order valence-electron chi connectivity index (χ4n) is 6.90. The van der Waals surface area contributed by atoms with Gasteiger partial charge in [-0.3, -0.25) is 29.4 Å². The van der Waals surface area contributed by atoms with Crippen LogP contribution in [-0.4, -0.2) is 52.6 Å². The van der Waals surface area contributed by atoms with Crippen LogP contribution in [0.4, 0.5) is 5.69 Å². The van der Waals surface area contributed by atoms with Crippen molar-refractivity contribution >= 4 is 29.3 Å². The van der Waals surface area contributed by atoms with E-state index in [2.05, 4.69) is 40.5 Å². The predicted molar refractivity (Wildman–Crippen MR) is 153 cm³/mol. The number of benzene rings is 3. The van der Waals surface area contributed by atoms with E-state index in [1.165, 1.54) is 5.56 Å². The highest BCUT2D eigenvalue weighted by atomic mass is 16.2. The molecule has 0 bridgehead atoms. The monoisotopic (exact) mass is 548 g/mol. The van der Waals surface area contributed by atoms with E-state index >= 15 is 0 Å². The van der Waals surface area contributed by atoms with Crippen molar-refractivity contribution in [1.82, 2.24) is 15.1 Å². The Labute approximate surface area is 238 Å². The van der Waals surface area contributed by atoms with Crippen molar-refractivity contribution in [2.75, 3.05) is 18.0 Å². The summed E-state index contributed by atoms with van der Waals surface area (Å²) in [7, 11) is 0. The summed E-state index contributed by atoms with van der Waals surface area (Å²) in [4.78, 5) is 56.3. The van der Waals surface area contributed by atoms with E-state index in [0.29, 0.717) is 31.0 Å². The molecule has 4 aliphatic rings. The maximum atomic E-state index is 13.4. The van der Waals surface area contributed by atoms with Gasteiger partial charge in [-0.2, -0.15) is 0 Å². The molecule has 0 saturated carbocycles. The van der Waals surface area contributed by atoms with Gasteiger partial charge in [0.1, 0.15) is 6.04 Å².